The Morgan fingerprint density at radius 3 is 2.52 bits per heavy atom. The second kappa shape index (κ2) is 7.88. The molecule has 1 aromatic heterocycles. The van der Waals surface area contributed by atoms with E-state index < -0.39 is 25.6 Å². The molecule has 0 amide bonds. The summed E-state index contributed by atoms with van der Waals surface area (Å²) in [6.45, 7) is 10.5. The maximum atomic E-state index is 14.3. The molecule has 0 saturated carbocycles. The van der Waals surface area contributed by atoms with Crippen molar-refractivity contribution in [1.82, 2.24) is 14.8 Å². The zero-order valence-corrected chi connectivity index (χ0v) is 17.3. The van der Waals surface area contributed by atoms with E-state index in [0.717, 1.165) is 12.1 Å². The molecule has 0 aliphatic carbocycles. The maximum Gasteiger partial charge on any atom is 0.193 e. The van der Waals surface area contributed by atoms with Crippen LogP contribution in [0.4, 0.5) is 8.78 Å². The lowest BCUT2D eigenvalue weighted by Gasteiger charge is -2.35. The average Bonchev–Trinajstić information content (AvgIpc) is 3.03. The summed E-state index contributed by atoms with van der Waals surface area (Å²) in [7, 11) is -2.00. The Bertz CT molecular complexity index is 839. The summed E-state index contributed by atoms with van der Waals surface area (Å²) in [4.78, 5) is 3.81. The summed E-state index contributed by atoms with van der Waals surface area (Å²) < 4.78 is 34.9. The molecule has 1 heterocycles. The average molecular weight is 394 g/mol. The Balaban J connectivity index is 2.29. The molecule has 5 nitrogen and oxygen atoms in total. The van der Waals surface area contributed by atoms with E-state index in [4.69, 9.17) is 4.43 Å². The highest BCUT2D eigenvalue weighted by molar-refractivity contribution is 6.74. The quantitative estimate of drug-likeness (QED) is 0.624. The van der Waals surface area contributed by atoms with Crippen LogP contribution in [0.1, 0.15) is 26.3 Å². The van der Waals surface area contributed by atoms with Crippen molar-refractivity contribution < 1.29 is 18.3 Å². The minimum atomic E-state index is -2.00. The molecule has 8 heteroatoms. The molecule has 2 aromatic rings. The molecule has 0 saturated heterocycles. The minimum absolute atomic E-state index is 0.0226. The van der Waals surface area contributed by atoms with Crippen molar-refractivity contribution in [2.45, 2.75) is 51.0 Å². The molecule has 27 heavy (non-hydrogen) atoms. The highest BCUT2D eigenvalue weighted by Crippen LogP contribution is 2.36. The van der Waals surface area contributed by atoms with Gasteiger partial charge in [0.25, 0.3) is 0 Å². The van der Waals surface area contributed by atoms with E-state index in [-0.39, 0.29) is 23.8 Å². The fourth-order valence-electron chi connectivity index (χ4n) is 2.18. The van der Waals surface area contributed by atoms with E-state index in [0.29, 0.717) is 0 Å². The number of aliphatic hydroxyl groups is 1. The lowest BCUT2D eigenvalue weighted by Crippen LogP contribution is -2.40. The molecule has 0 aliphatic heterocycles. The second-order valence-electron chi connectivity index (χ2n) is 7.93. The van der Waals surface area contributed by atoms with Crippen molar-refractivity contribution in [2.75, 3.05) is 6.61 Å². The number of nitrogens with zero attached hydrogens (tertiary/aromatic N) is 3. The van der Waals surface area contributed by atoms with Gasteiger partial charge in [0.15, 0.2) is 13.9 Å². The smallest absolute Gasteiger partial charge is 0.193 e. The highest BCUT2D eigenvalue weighted by atomic mass is 28.4. The van der Waals surface area contributed by atoms with Gasteiger partial charge in [0.05, 0.1) is 13.2 Å². The largest absolute Gasteiger partial charge is 0.406 e. The minimum Gasteiger partial charge on any atom is -0.406 e. The second-order valence-corrected chi connectivity index (χ2v) is 12.7. The molecule has 0 spiro atoms. The standard InChI is InChI=1S/C19H25F2N3O2Si/c1-18(2,3)27(4,5)26-10-6-9-19(25,12-24-14-22-13-23-24)16-8-7-15(20)11-17(16)21/h7-8,11,13-14,25H,10,12H2,1-5H3. The van der Waals surface area contributed by atoms with E-state index in [1.54, 1.807) is 0 Å². The molecule has 0 radical (unpaired) electrons. The van der Waals surface area contributed by atoms with Gasteiger partial charge in [-0.05, 0) is 30.3 Å². The third-order valence-corrected chi connectivity index (χ3v) is 9.32. The Kier molecular flexibility index (Phi) is 6.20. The number of benzene rings is 1. The van der Waals surface area contributed by atoms with Gasteiger partial charge in [0.1, 0.15) is 24.3 Å². The number of hydrogen-bond donors (Lipinski definition) is 1. The van der Waals surface area contributed by atoms with Gasteiger partial charge in [0, 0.05) is 11.6 Å². The van der Waals surface area contributed by atoms with E-state index in [9.17, 15) is 13.9 Å². The van der Waals surface area contributed by atoms with E-state index in [2.05, 4.69) is 55.8 Å². The molecule has 1 aromatic carbocycles. The van der Waals surface area contributed by atoms with Gasteiger partial charge in [-0.2, -0.15) is 5.10 Å². The van der Waals surface area contributed by atoms with Crippen LogP contribution in [0, 0.1) is 23.5 Å². The third-order valence-electron chi connectivity index (χ3n) is 4.84. The normalized spacial score (nSPS) is 14.4. The number of hydrogen-bond acceptors (Lipinski definition) is 4. The molecule has 2 rings (SSSR count). The lowest BCUT2D eigenvalue weighted by molar-refractivity contribution is 0.0717. The zero-order valence-electron chi connectivity index (χ0n) is 16.3. The molecule has 0 fully saturated rings. The van der Waals surface area contributed by atoms with E-state index >= 15 is 0 Å². The zero-order chi connectivity index (χ0) is 20.3. The summed E-state index contributed by atoms with van der Waals surface area (Å²) in [5.74, 6) is 3.88. The summed E-state index contributed by atoms with van der Waals surface area (Å²) >= 11 is 0. The van der Waals surface area contributed by atoms with Gasteiger partial charge in [-0.15, -0.1) is 0 Å². The number of halogens is 2. The molecule has 1 N–H and O–H groups in total. The van der Waals surface area contributed by atoms with Crippen LogP contribution in [-0.4, -0.2) is 34.8 Å². The van der Waals surface area contributed by atoms with E-state index in [1.165, 1.54) is 23.4 Å². The molecule has 0 aliphatic rings. The maximum absolute atomic E-state index is 14.3. The van der Waals surface area contributed by atoms with Crippen LogP contribution in [0.2, 0.25) is 18.1 Å². The topological polar surface area (TPSA) is 60.2 Å². The Morgan fingerprint density at radius 1 is 1.26 bits per heavy atom. The molecule has 0 bridgehead atoms. The predicted molar refractivity (Wildman–Crippen MR) is 101 cm³/mol. The van der Waals surface area contributed by atoms with Gasteiger partial charge >= 0.3 is 0 Å². The molecular formula is C19H25F2N3O2Si. The molecule has 1 unspecified atom stereocenters. The Labute approximate surface area is 159 Å². The molecule has 146 valence electrons. The van der Waals surface area contributed by atoms with Crippen molar-refractivity contribution in [2.24, 2.45) is 0 Å². The summed E-state index contributed by atoms with van der Waals surface area (Å²) in [6.07, 6.45) is 2.69. The summed E-state index contributed by atoms with van der Waals surface area (Å²) in [6, 6.07) is 2.99. The lowest BCUT2D eigenvalue weighted by atomic mass is 9.93. The van der Waals surface area contributed by atoms with Gasteiger partial charge in [0.2, 0.25) is 0 Å². The van der Waals surface area contributed by atoms with Gasteiger partial charge in [-0.3, -0.25) is 0 Å². The van der Waals surface area contributed by atoms with Crippen molar-refractivity contribution in [1.29, 1.82) is 0 Å². The summed E-state index contributed by atoms with van der Waals surface area (Å²) in [5, 5.41) is 15.0. The molecule has 1 atom stereocenters. The van der Waals surface area contributed by atoms with Gasteiger partial charge in [-0.25, -0.2) is 18.4 Å². The van der Waals surface area contributed by atoms with Crippen molar-refractivity contribution >= 4 is 8.32 Å². The predicted octanol–water partition coefficient (Wildman–Crippen LogP) is 3.47. The van der Waals surface area contributed by atoms with Crippen LogP contribution >= 0.6 is 0 Å². The highest BCUT2D eigenvalue weighted by Gasteiger charge is 2.37. The monoisotopic (exact) mass is 393 g/mol. The fraction of sp³-hybridized carbons (Fsp3) is 0.474. The third kappa shape index (κ3) is 5.22. The number of rotatable bonds is 5. The van der Waals surface area contributed by atoms with Crippen molar-refractivity contribution in [3.63, 3.8) is 0 Å². The van der Waals surface area contributed by atoms with Gasteiger partial charge < -0.3 is 9.53 Å². The van der Waals surface area contributed by atoms with Crippen LogP contribution in [-0.2, 0) is 16.6 Å². The first-order valence-corrected chi connectivity index (χ1v) is 11.5. The van der Waals surface area contributed by atoms with Gasteiger partial charge in [-0.1, -0.05) is 32.6 Å². The van der Waals surface area contributed by atoms with E-state index in [1.807, 2.05) is 0 Å². The summed E-state index contributed by atoms with van der Waals surface area (Å²) in [5.41, 5.74) is -2.03. The fourth-order valence-corrected chi connectivity index (χ4v) is 3.05. The SMILES string of the molecule is CC(C)(C)[Si](C)(C)OCC#CC(O)(Cn1cncn1)c1ccc(F)cc1F. The first-order chi connectivity index (χ1) is 12.4. The van der Waals surface area contributed by atoms with Crippen molar-refractivity contribution in [3.05, 3.63) is 48.1 Å². The Hall–Kier alpha value is -2.08. The van der Waals surface area contributed by atoms with Crippen LogP contribution in [0.25, 0.3) is 0 Å². The first kappa shape index (κ1) is 21.2. The van der Waals surface area contributed by atoms with Crippen LogP contribution in [0.15, 0.2) is 30.9 Å². The van der Waals surface area contributed by atoms with Crippen molar-refractivity contribution in [3.8, 4) is 11.8 Å². The van der Waals surface area contributed by atoms with Crippen LogP contribution in [0.5, 0.6) is 0 Å². The van der Waals surface area contributed by atoms with Crippen LogP contribution < -0.4 is 0 Å². The van der Waals surface area contributed by atoms with Crippen LogP contribution in [0.3, 0.4) is 0 Å². The molecular weight excluding hydrogens is 368 g/mol. The Morgan fingerprint density at radius 2 is 1.96 bits per heavy atom. The first-order valence-electron chi connectivity index (χ1n) is 8.59. The number of aromatic nitrogens is 3.